The molecule has 1 aromatic heterocycles. The van der Waals surface area contributed by atoms with E-state index >= 15 is 0 Å². The third-order valence-corrected chi connectivity index (χ3v) is 5.56. The van der Waals surface area contributed by atoms with Crippen LogP contribution in [0.1, 0.15) is 29.6 Å². The number of piperidine rings is 1. The molecular weight excluding hydrogens is 318 g/mol. The third-order valence-electron chi connectivity index (χ3n) is 5.56. The number of amides is 1. The molecule has 2 N–H and O–H groups in total. The number of aromatic nitrogens is 1. The topological polar surface area (TPSA) is 82.5 Å². The summed E-state index contributed by atoms with van der Waals surface area (Å²) in [5, 5.41) is 13.8. The van der Waals surface area contributed by atoms with E-state index < -0.39 is 12.0 Å². The Morgan fingerprint density at radius 2 is 2.00 bits per heavy atom. The number of carbonyl (C=O) groups is 2. The lowest BCUT2D eigenvalue weighted by atomic mass is 9.77. The van der Waals surface area contributed by atoms with Crippen molar-refractivity contribution < 1.29 is 14.7 Å². The number of para-hydroxylation sites is 1. The molecule has 4 rings (SSSR count). The molecular formula is C19H21N3O3. The first-order valence-corrected chi connectivity index (χ1v) is 8.67. The van der Waals surface area contributed by atoms with Crippen molar-refractivity contribution in [1.82, 2.24) is 15.2 Å². The molecule has 2 fully saturated rings. The molecule has 0 saturated carbocycles. The van der Waals surface area contributed by atoms with Crippen molar-refractivity contribution in [2.45, 2.75) is 25.3 Å². The van der Waals surface area contributed by atoms with E-state index in [2.05, 4.69) is 10.3 Å². The van der Waals surface area contributed by atoms with Crippen LogP contribution in [-0.2, 0) is 4.79 Å². The molecule has 2 aliphatic heterocycles. The summed E-state index contributed by atoms with van der Waals surface area (Å²) >= 11 is 0. The minimum atomic E-state index is -0.919. The second kappa shape index (κ2) is 6.11. The minimum Gasteiger partial charge on any atom is -0.480 e. The molecule has 6 nitrogen and oxygen atoms in total. The lowest BCUT2D eigenvalue weighted by molar-refractivity contribution is -0.141. The molecule has 6 heteroatoms. The predicted molar refractivity (Wildman–Crippen MR) is 93.4 cm³/mol. The molecule has 1 aromatic carbocycles. The maximum absolute atomic E-state index is 13.0. The number of carbonyl (C=O) groups excluding carboxylic acids is 1. The van der Waals surface area contributed by atoms with Gasteiger partial charge in [0, 0.05) is 18.1 Å². The van der Waals surface area contributed by atoms with E-state index in [1.165, 1.54) is 0 Å². The van der Waals surface area contributed by atoms with Crippen LogP contribution in [0.3, 0.4) is 0 Å². The van der Waals surface area contributed by atoms with Gasteiger partial charge < -0.3 is 15.3 Å². The van der Waals surface area contributed by atoms with Gasteiger partial charge in [-0.1, -0.05) is 18.2 Å². The van der Waals surface area contributed by atoms with Gasteiger partial charge in [-0.05, 0) is 49.9 Å². The summed E-state index contributed by atoms with van der Waals surface area (Å²) in [5.74, 6) is -1.15. The van der Waals surface area contributed by atoms with Gasteiger partial charge in [-0.15, -0.1) is 0 Å². The largest absolute Gasteiger partial charge is 0.480 e. The number of hydrogen-bond acceptors (Lipinski definition) is 4. The number of nitrogens with zero attached hydrogens (tertiary/aromatic N) is 2. The van der Waals surface area contributed by atoms with Gasteiger partial charge in [0.2, 0.25) is 0 Å². The Morgan fingerprint density at radius 3 is 2.76 bits per heavy atom. The summed E-state index contributed by atoms with van der Waals surface area (Å²) in [6, 6.07) is 8.65. The Hall–Kier alpha value is -2.47. The lowest BCUT2D eigenvalue weighted by Gasteiger charge is -2.33. The summed E-state index contributed by atoms with van der Waals surface area (Å²) in [4.78, 5) is 30.7. The highest BCUT2D eigenvalue weighted by atomic mass is 16.4. The van der Waals surface area contributed by atoms with Gasteiger partial charge in [-0.2, -0.15) is 0 Å². The predicted octanol–water partition coefficient (Wildman–Crippen LogP) is 1.90. The highest BCUT2D eigenvalue weighted by Gasteiger charge is 2.49. The number of nitrogens with one attached hydrogen (secondary N) is 1. The van der Waals surface area contributed by atoms with Crippen molar-refractivity contribution >= 4 is 22.8 Å². The monoisotopic (exact) mass is 339 g/mol. The van der Waals surface area contributed by atoms with Gasteiger partial charge in [0.1, 0.15) is 6.04 Å². The summed E-state index contributed by atoms with van der Waals surface area (Å²) in [6.07, 6.45) is 3.92. The van der Waals surface area contributed by atoms with E-state index in [9.17, 15) is 14.7 Å². The van der Waals surface area contributed by atoms with Crippen molar-refractivity contribution in [3.8, 4) is 0 Å². The van der Waals surface area contributed by atoms with Crippen LogP contribution in [0, 0.1) is 5.41 Å². The van der Waals surface area contributed by atoms with Gasteiger partial charge in [-0.25, -0.2) is 4.79 Å². The number of carboxylic acids is 1. The Labute approximate surface area is 145 Å². The van der Waals surface area contributed by atoms with Crippen molar-refractivity contribution in [2.24, 2.45) is 5.41 Å². The minimum absolute atomic E-state index is 0.0752. The molecule has 2 aromatic rings. The second-order valence-electron chi connectivity index (χ2n) is 7.16. The van der Waals surface area contributed by atoms with E-state index in [-0.39, 0.29) is 11.3 Å². The van der Waals surface area contributed by atoms with Crippen molar-refractivity contribution in [3.05, 3.63) is 42.1 Å². The van der Waals surface area contributed by atoms with Crippen LogP contribution >= 0.6 is 0 Å². The summed E-state index contributed by atoms with van der Waals surface area (Å²) in [7, 11) is 0. The Kier molecular flexibility index (Phi) is 3.92. The highest BCUT2D eigenvalue weighted by Crippen LogP contribution is 2.42. The van der Waals surface area contributed by atoms with E-state index in [0.717, 1.165) is 36.8 Å². The number of fused-ring (bicyclic) bond motifs is 1. The van der Waals surface area contributed by atoms with Crippen LogP contribution in [0.2, 0.25) is 0 Å². The highest BCUT2D eigenvalue weighted by molar-refractivity contribution is 5.99. The van der Waals surface area contributed by atoms with Crippen LogP contribution in [0.5, 0.6) is 0 Å². The summed E-state index contributed by atoms with van der Waals surface area (Å²) in [6.45, 7) is 2.27. The van der Waals surface area contributed by atoms with Crippen molar-refractivity contribution in [1.29, 1.82) is 0 Å². The maximum Gasteiger partial charge on any atom is 0.326 e. The molecule has 1 spiro atoms. The summed E-state index contributed by atoms with van der Waals surface area (Å²) < 4.78 is 0. The Morgan fingerprint density at radius 1 is 1.24 bits per heavy atom. The Balaban J connectivity index is 1.65. The molecule has 2 saturated heterocycles. The zero-order chi connectivity index (χ0) is 17.4. The lowest BCUT2D eigenvalue weighted by Crippen LogP contribution is -2.42. The van der Waals surface area contributed by atoms with Crippen LogP contribution in [-0.4, -0.2) is 52.5 Å². The zero-order valence-corrected chi connectivity index (χ0v) is 13.9. The molecule has 0 bridgehead atoms. The molecule has 3 heterocycles. The maximum atomic E-state index is 13.0. The zero-order valence-electron chi connectivity index (χ0n) is 13.9. The van der Waals surface area contributed by atoms with Crippen LogP contribution < -0.4 is 5.32 Å². The molecule has 25 heavy (non-hydrogen) atoms. The average Bonchev–Trinajstić information content (AvgIpc) is 3.00. The number of pyridine rings is 1. The van der Waals surface area contributed by atoms with Gasteiger partial charge in [0.15, 0.2) is 0 Å². The molecule has 0 radical (unpaired) electrons. The first kappa shape index (κ1) is 16.0. The van der Waals surface area contributed by atoms with E-state index in [4.69, 9.17) is 0 Å². The van der Waals surface area contributed by atoms with Crippen LogP contribution in [0.15, 0.2) is 36.5 Å². The number of rotatable bonds is 2. The molecule has 0 aliphatic carbocycles. The molecule has 1 unspecified atom stereocenters. The average molecular weight is 339 g/mol. The first-order valence-electron chi connectivity index (χ1n) is 8.67. The Bertz CT molecular complexity index is 830. The fourth-order valence-electron chi connectivity index (χ4n) is 4.16. The van der Waals surface area contributed by atoms with Crippen LogP contribution in [0.4, 0.5) is 0 Å². The van der Waals surface area contributed by atoms with Crippen molar-refractivity contribution in [3.63, 3.8) is 0 Å². The standard InChI is InChI=1S/C19H21N3O3/c23-17(14-9-13-3-1-2-4-15(13)21-11-14)22-12-19(5-7-20-8-6-19)10-16(22)18(24)25/h1-4,9,11,16,20H,5-8,10,12H2,(H,24,25). The molecule has 2 aliphatic rings. The third kappa shape index (κ3) is 2.87. The number of carboxylic acid groups (broad SMARTS) is 1. The van der Waals surface area contributed by atoms with Crippen molar-refractivity contribution in [2.75, 3.05) is 19.6 Å². The quantitative estimate of drug-likeness (QED) is 0.873. The normalized spacial score (nSPS) is 22.4. The smallest absolute Gasteiger partial charge is 0.326 e. The SMILES string of the molecule is O=C(O)C1CC2(CCNCC2)CN1C(=O)c1cnc2ccccc2c1. The molecule has 1 amide bonds. The summed E-state index contributed by atoms with van der Waals surface area (Å²) in [5.41, 5.74) is 1.20. The number of benzene rings is 1. The number of likely N-dealkylation sites (tertiary alicyclic amines) is 1. The van der Waals surface area contributed by atoms with Gasteiger partial charge in [0.25, 0.3) is 5.91 Å². The number of hydrogen-bond donors (Lipinski definition) is 2. The van der Waals surface area contributed by atoms with Gasteiger partial charge in [-0.3, -0.25) is 9.78 Å². The fourth-order valence-corrected chi connectivity index (χ4v) is 4.16. The van der Waals surface area contributed by atoms with Gasteiger partial charge in [0.05, 0.1) is 11.1 Å². The molecule has 1 atom stereocenters. The molecule has 130 valence electrons. The number of aliphatic carboxylic acids is 1. The van der Waals surface area contributed by atoms with E-state index in [1.807, 2.05) is 24.3 Å². The van der Waals surface area contributed by atoms with Crippen LogP contribution in [0.25, 0.3) is 10.9 Å². The second-order valence-corrected chi connectivity index (χ2v) is 7.16. The fraction of sp³-hybridized carbons (Fsp3) is 0.421. The van der Waals surface area contributed by atoms with E-state index in [1.54, 1.807) is 17.2 Å². The first-order chi connectivity index (χ1) is 12.1. The van der Waals surface area contributed by atoms with Gasteiger partial charge >= 0.3 is 5.97 Å². The van der Waals surface area contributed by atoms with E-state index in [0.29, 0.717) is 18.5 Å².